The molecule has 0 aromatic heterocycles. The lowest BCUT2D eigenvalue weighted by molar-refractivity contribution is -0.137. The molecule has 0 aliphatic rings. The van der Waals surface area contributed by atoms with Crippen molar-refractivity contribution >= 4 is 5.97 Å². The van der Waals surface area contributed by atoms with E-state index in [0.29, 0.717) is 12.5 Å². The van der Waals surface area contributed by atoms with Crippen LogP contribution in [0.5, 0.6) is 0 Å². The minimum atomic E-state index is -0.551. The smallest absolute Gasteiger partial charge is 0.384 e. The first-order valence-corrected chi connectivity index (χ1v) is 5.69. The van der Waals surface area contributed by atoms with E-state index in [1.807, 2.05) is 5.92 Å². The second kappa shape index (κ2) is 8.35. The highest BCUT2D eigenvalue weighted by Crippen LogP contribution is 2.14. The van der Waals surface area contributed by atoms with Crippen molar-refractivity contribution < 1.29 is 9.53 Å². The Hall–Kier alpha value is -0.970. The van der Waals surface area contributed by atoms with E-state index in [9.17, 15) is 4.79 Å². The second-order valence-corrected chi connectivity index (χ2v) is 4.50. The molecule has 1 unspecified atom stereocenters. The van der Waals surface area contributed by atoms with Gasteiger partial charge in [-0.25, -0.2) is 4.79 Å². The molecule has 0 amide bonds. The summed E-state index contributed by atoms with van der Waals surface area (Å²) in [4.78, 5) is 10.6. The van der Waals surface area contributed by atoms with Crippen molar-refractivity contribution in [3.8, 4) is 12.3 Å². The van der Waals surface area contributed by atoms with Gasteiger partial charge in [-0.2, -0.15) is 0 Å². The van der Waals surface area contributed by atoms with Crippen LogP contribution >= 0.6 is 0 Å². The Kier molecular flexibility index (Phi) is 7.81. The average Bonchev–Trinajstić information content (AvgIpc) is 2.17. The SMILES string of the molecule is C#CC(=O)OCCC(C)CCCC(C)C. The zero-order valence-corrected chi connectivity index (χ0v) is 10.1. The largest absolute Gasteiger partial charge is 0.456 e. The molecule has 0 saturated heterocycles. The summed E-state index contributed by atoms with van der Waals surface area (Å²) in [5.41, 5.74) is 0. The summed E-state index contributed by atoms with van der Waals surface area (Å²) in [5.74, 6) is 2.76. The molecule has 15 heavy (non-hydrogen) atoms. The van der Waals surface area contributed by atoms with Crippen molar-refractivity contribution in [2.24, 2.45) is 11.8 Å². The summed E-state index contributed by atoms with van der Waals surface area (Å²) < 4.78 is 4.81. The molecule has 2 nitrogen and oxygen atoms in total. The molecule has 0 aromatic carbocycles. The third-order valence-electron chi connectivity index (χ3n) is 2.44. The second-order valence-electron chi connectivity index (χ2n) is 4.50. The maximum absolute atomic E-state index is 10.6. The van der Waals surface area contributed by atoms with Crippen molar-refractivity contribution in [1.82, 2.24) is 0 Å². The number of hydrogen-bond acceptors (Lipinski definition) is 2. The summed E-state index contributed by atoms with van der Waals surface area (Å²) >= 11 is 0. The number of esters is 1. The van der Waals surface area contributed by atoms with Crippen LogP contribution < -0.4 is 0 Å². The Morgan fingerprint density at radius 1 is 1.27 bits per heavy atom. The summed E-state index contributed by atoms with van der Waals surface area (Å²) in [7, 11) is 0. The fourth-order valence-corrected chi connectivity index (χ4v) is 1.41. The highest BCUT2D eigenvalue weighted by molar-refractivity contribution is 5.87. The van der Waals surface area contributed by atoms with Crippen molar-refractivity contribution in [1.29, 1.82) is 0 Å². The molecular formula is C13H22O2. The molecule has 0 spiro atoms. The molecular weight excluding hydrogens is 188 g/mol. The topological polar surface area (TPSA) is 26.3 Å². The maximum atomic E-state index is 10.6. The molecule has 86 valence electrons. The zero-order chi connectivity index (χ0) is 11.7. The Labute approximate surface area is 93.4 Å². The lowest BCUT2D eigenvalue weighted by atomic mass is 9.98. The fraction of sp³-hybridized carbons (Fsp3) is 0.769. The van der Waals surface area contributed by atoms with Gasteiger partial charge in [0.15, 0.2) is 0 Å². The van der Waals surface area contributed by atoms with Crippen LogP contribution in [0.3, 0.4) is 0 Å². The first-order valence-electron chi connectivity index (χ1n) is 5.69. The highest BCUT2D eigenvalue weighted by Gasteiger charge is 2.04. The molecule has 0 N–H and O–H groups in total. The highest BCUT2D eigenvalue weighted by atomic mass is 16.5. The van der Waals surface area contributed by atoms with E-state index in [1.165, 1.54) is 19.3 Å². The number of hydrogen-bond donors (Lipinski definition) is 0. The quantitative estimate of drug-likeness (QED) is 0.367. The van der Waals surface area contributed by atoms with Gasteiger partial charge in [-0.1, -0.05) is 40.0 Å². The van der Waals surface area contributed by atoms with Crippen LogP contribution in [0.25, 0.3) is 0 Å². The molecule has 0 fully saturated rings. The van der Waals surface area contributed by atoms with Crippen molar-refractivity contribution in [2.45, 2.75) is 46.5 Å². The predicted octanol–water partition coefficient (Wildman–Crippen LogP) is 3.02. The summed E-state index contributed by atoms with van der Waals surface area (Å²) in [5, 5.41) is 0. The molecule has 1 atom stereocenters. The van der Waals surface area contributed by atoms with Gasteiger partial charge in [-0.3, -0.25) is 0 Å². The van der Waals surface area contributed by atoms with Gasteiger partial charge in [0.1, 0.15) is 0 Å². The Balaban J connectivity index is 3.38. The first kappa shape index (κ1) is 14.0. The number of terminal acetylenes is 1. The van der Waals surface area contributed by atoms with Gasteiger partial charge in [0.25, 0.3) is 0 Å². The average molecular weight is 210 g/mol. The molecule has 0 aliphatic heterocycles. The Morgan fingerprint density at radius 2 is 1.93 bits per heavy atom. The van der Waals surface area contributed by atoms with Gasteiger partial charge in [-0.15, -0.1) is 6.42 Å². The van der Waals surface area contributed by atoms with Crippen molar-refractivity contribution in [3.63, 3.8) is 0 Å². The number of ether oxygens (including phenoxy) is 1. The van der Waals surface area contributed by atoms with E-state index in [0.717, 1.165) is 12.3 Å². The van der Waals surface area contributed by atoms with Crippen LogP contribution in [-0.2, 0) is 9.53 Å². The zero-order valence-electron chi connectivity index (χ0n) is 10.1. The van der Waals surface area contributed by atoms with Crippen LogP contribution in [0.15, 0.2) is 0 Å². The van der Waals surface area contributed by atoms with Gasteiger partial charge in [0, 0.05) is 5.92 Å². The lowest BCUT2D eigenvalue weighted by Gasteiger charge is -2.11. The third-order valence-corrected chi connectivity index (χ3v) is 2.44. The summed E-state index contributed by atoms with van der Waals surface area (Å²) in [6, 6.07) is 0. The minimum Gasteiger partial charge on any atom is -0.456 e. The minimum absolute atomic E-state index is 0.450. The number of carbonyl (C=O) groups excluding carboxylic acids is 1. The normalized spacial score (nSPS) is 12.2. The lowest BCUT2D eigenvalue weighted by Crippen LogP contribution is -2.06. The monoisotopic (exact) mass is 210 g/mol. The van der Waals surface area contributed by atoms with E-state index in [-0.39, 0.29) is 0 Å². The van der Waals surface area contributed by atoms with Crippen LogP contribution in [0, 0.1) is 24.2 Å². The van der Waals surface area contributed by atoms with Gasteiger partial charge in [0.05, 0.1) is 6.61 Å². The molecule has 2 heteroatoms. The fourth-order valence-electron chi connectivity index (χ4n) is 1.41. The summed E-state index contributed by atoms with van der Waals surface area (Å²) in [6.45, 7) is 7.11. The van der Waals surface area contributed by atoms with Crippen molar-refractivity contribution in [3.05, 3.63) is 0 Å². The maximum Gasteiger partial charge on any atom is 0.384 e. The molecule has 0 aliphatic carbocycles. The molecule has 0 heterocycles. The van der Waals surface area contributed by atoms with Gasteiger partial charge >= 0.3 is 5.97 Å². The molecule has 0 rings (SSSR count). The van der Waals surface area contributed by atoms with Gasteiger partial charge < -0.3 is 4.74 Å². The molecule has 0 bridgehead atoms. The van der Waals surface area contributed by atoms with E-state index in [1.54, 1.807) is 0 Å². The van der Waals surface area contributed by atoms with Crippen LogP contribution in [-0.4, -0.2) is 12.6 Å². The Morgan fingerprint density at radius 3 is 2.47 bits per heavy atom. The van der Waals surface area contributed by atoms with E-state index >= 15 is 0 Å². The standard InChI is InChI=1S/C13H22O2/c1-5-13(14)15-10-9-12(4)8-6-7-11(2)3/h1,11-12H,6-10H2,2-4H3. The van der Waals surface area contributed by atoms with Gasteiger partial charge in [0.2, 0.25) is 0 Å². The van der Waals surface area contributed by atoms with E-state index in [4.69, 9.17) is 11.2 Å². The number of rotatable bonds is 7. The Bertz CT molecular complexity index is 213. The van der Waals surface area contributed by atoms with Crippen LogP contribution in [0.4, 0.5) is 0 Å². The van der Waals surface area contributed by atoms with E-state index < -0.39 is 5.97 Å². The van der Waals surface area contributed by atoms with Crippen LogP contribution in [0.1, 0.15) is 46.5 Å². The van der Waals surface area contributed by atoms with Gasteiger partial charge in [-0.05, 0) is 18.3 Å². The molecule has 0 radical (unpaired) electrons. The third kappa shape index (κ3) is 9.34. The predicted molar refractivity (Wildman–Crippen MR) is 62.3 cm³/mol. The van der Waals surface area contributed by atoms with E-state index in [2.05, 4.69) is 20.8 Å². The number of carbonyl (C=O) groups is 1. The summed E-state index contributed by atoms with van der Waals surface area (Å²) in [6.07, 6.45) is 9.51. The van der Waals surface area contributed by atoms with Crippen LogP contribution in [0.2, 0.25) is 0 Å². The molecule has 0 saturated carbocycles. The van der Waals surface area contributed by atoms with Crippen molar-refractivity contribution in [2.75, 3.05) is 6.61 Å². The molecule has 0 aromatic rings. The first-order chi connectivity index (χ1) is 7.06.